The Kier molecular flexibility index (Phi) is 13.4. The van der Waals surface area contributed by atoms with Gasteiger partial charge in [-0.1, -0.05) is 70.7 Å². The zero-order valence-corrected chi connectivity index (χ0v) is 23.6. The molecule has 3 nitrogen and oxygen atoms in total. The number of carbonyl (C=O) groups excluding carboxylic acids is 1. The largest absolute Gasteiger partial charge is 0.298 e. The zero-order valence-electron chi connectivity index (χ0n) is 20.6. The van der Waals surface area contributed by atoms with Gasteiger partial charge >= 0.3 is 0 Å². The minimum atomic E-state index is -0.656. The van der Waals surface area contributed by atoms with E-state index in [1.54, 1.807) is 12.1 Å². The van der Waals surface area contributed by atoms with Gasteiger partial charge in [0.15, 0.2) is 12.1 Å². The highest BCUT2D eigenvalue weighted by molar-refractivity contribution is 6.31. The van der Waals surface area contributed by atoms with E-state index in [2.05, 4.69) is 0 Å². The number of carbonyl (C=O) groups is 1. The molecular weight excluding hydrogens is 622 g/mol. The first-order valence-corrected chi connectivity index (χ1v) is 12.7. The molecule has 208 valence electrons. The number of nitriles is 2. The maximum Gasteiger partial charge on any atom is 0.153 e. The van der Waals surface area contributed by atoms with Crippen molar-refractivity contribution in [2.75, 3.05) is 0 Å². The van der Waals surface area contributed by atoms with Crippen LogP contribution in [0.4, 0.5) is 17.6 Å². The van der Waals surface area contributed by atoms with Gasteiger partial charge in [-0.3, -0.25) is 4.79 Å². The standard InChI is InChI=1S/C15H7Cl2F2N.C8H5ClFN.C7H4ClFO/c16-11-4-5-12(14(18)7-11)10(8-20)6-9-2-1-3-13(17)15(9)19;9-7-2-1-6(3-4-11)8(10)5-7;8-6-3-1-2-5(4-10)7(6)9/h1-7H;1-2,5H,3H2;1-4H/b10-6+;;. The van der Waals surface area contributed by atoms with Gasteiger partial charge in [0, 0.05) is 26.7 Å². The van der Waals surface area contributed by atoms with Gasteiger partial charge in [-0.15, -0.1) is 0 Å². The number of rotatable bonds is 4. The normalized spacial score (nSPS) is 10.2. The van der Waals surface area contributed by atoms with Crippen LogP contribution in [0, 0.1) is 45.9 Å². The average molecular weight is 638 g/mol. The molecule has 0 spiro atoms. The number of hydrogen-bond acceptors (Lipinski definition) is 3. The highest BCUT2D eigenvalue weighted by atomic mass is 35.5. The lowest BCUT2D eigenvalue weighted by Gasteiger charge is -2.04. The van der Waals surface area contributed by atoms with Gasteiger partial charge in [0.05, 0.1) is 39.7 Å². The second-order valence-corrected chi connectivity index (χ2v) is 9.46. The fourth-order valence-corrected chi connectivity index (χ4v) is 3.71. The third kappa shape index (κ3) is 9.93. The molecule has 11 heteroatoms. The topological polar surface area (TPSA) is 64.7 Å². The Balaban J connectivity index is 0.000000236. The van der Waals surface area contributed by atoms with E-state index in [-0.39, 0.29) is 43.8 Å². The van der Waals surface area contributed by atoms with Crippen molar-refractivity contribution in [3.05, 3.63) is 138 Å². The predicted octanol–water partition coefficient (Wildman–Crippen LogP) is 10.2. The smallest absolute Gasteiger partial charge is 0.153 e. The van der Waals surface area contributed by atoms with Crippen molar-refractivity contribution in [2.24, 2.45) is 0 Å². The maximum atomic E-state index is 13.8. The molecule has 0 fully saturated rings. The van der Waals surface area contributed by atoms with E-state index in [1.807, 2.05) is 12.1 Å². The van der Waals surface area contributed by atoms with Crippen molar-refractivity contribution < 1.29 is 22.4 Å². The molecule has 0 radical (unpaired) electrons. The number of allylic oxidation sites excluding steroid dienone is 1. The summed E-state index contributed by atoms with van der Waals surface area (Å²) in [4.78, 5) is 10.1. The molecule has 0 N–H and O–H groups in total. The lowest BCUT2D eigenvalue weighted by Crippen LogP contribution is -1.90. The van der Waals surface area contributed by atoms with E-state index in [4.69, 9.17) is 56.9 Å². The van der Waals surface area contributed by atoms with Crippen molar-refractivity contribution >= 4 is 64.3 Å². The summed E-state index contributed by atoms with van der Waals surface area (Å²) in [5.41, 5.74) is 0.532. The molecule has 0 saturated heterocycles. The molecule has 0 amide bonds. The molecule has 0 aromatic heterocycles. The molecule has 0 aliphatic heterocycles. The maximum absolute atomic E-state index is 13.8. The molecule has 41 heavy (non-hydrogen) atoms. The van der Waals surface area contributed by atoms with Gasteiger partial charge in [0.2, 0.25) is 0 Å². The SMILES string of the molecule is N#C/C(=C\c1cccc(Cl)c1F)c1ccc(Cl)cc1F.N#CCc1ccc(Cl)cc1F.O=Cc1cccc(Cl)c1F. The summed E-state index contributed by atoms with van der Waals surface area (Å²) >= 11 is 22.2. The number of halogens is 8. The molecule has 0 unspecified atom stereocenters. The van der Waals surface area contributed by atoms with E-state index in [9.17, 15) is 22.4 Å². The summed E-state index contributed by atoms with van der Waals surface area (Å²) in [7, 11) is 0. The van der Waals surface area contributed by atoms with Crippen molar-refractivity contribution in [3.8, 4) is 12.1 Å². The molecule has 0 saturated carbocycles. The lowest BCUT2D eigenvalue weighted by atomic mass is 10.0. The average Bonchev–Trinajstić information content (AvgIpc) is 2.94. The first-order chi connectivity index (χ1) is 19.5. The Labute approximate surface area is 253 Å². The van der Waals surface area contributed by atoms with Crippen LogP contribution in [0.3, 0.4) is 0 Å². The Morgan fingerprint density at radius 3 is 1.76 bits per heavy atom. The zero-order chi connectivity index (χ0) is 30.5. The number of nitrogens with zero attached hydrogens (tertiary/aromatic N) is 2. The highest BCUT2D eigenvalue weighted by Gasteiger charge is 2.11. The van der Waals surface area contributed by atoms with Gasteiger partial charge in [-0.2, -0.15) is 10.5 Å². The van der Waals surface area contributed by atoms with Gasteiger partial charge in [-0.05, 0) is 54.6 Å². The quantitative estimate of drug-likeness (QED) is 0.0968. The fourth-order valence-electron chi connectivity index (χ4n) is 3.03. The van der Waals surface area contributed by atoms with E-state index >= 15 is 0 Å². The third-order valence-electron chi connectivity index (χ3n) is 5.02. The first kappa shape index (κ1) is 33.4. The summed E-state index contributed by atoms with van der Waals surface area (Å²) < 4.78 is 53.0. The minimum absolute atomic E-state index is 0.00694. The van der Waals surface area contributed by atoms with Crippen LogP contribution in [-0.4, -0.2) is 6.29 Å². The van der Waals surface area contributed by atoms with Crippen molar-refractivity contribution in [1.29, 1.82) is 10.5 Å². The highest BCUT2D eigenvalue weighted by Crippen LogP contribution is 2.26. The molecule has 4 aromatic carbocycles. The van der Waals surface area contributed by atoms with Crippen molar-refractivity contribution in [3.63, 3.8) is 0 Å². The molecule has 0 atom stereocenters. The van der Waals surface area contributed by atoms with Crippen LogP contribution in [0.2, 0.25) is 20.1 Å². The summed E-state index contributed by atoms with van der Waals surface area (Å²) in [5.74, 6) is -2.37. The van der Waals surface area contributed by atoms with E-state index in [1.165, 1.54) is 60.7 Å². The van der Waals surface area contributed by atoms with E-state index < -0.39 is 23.3 Å². The van der Waals surface area contributed by atoms with Crippen LogP contribution >= 0.6 is 46.4 Å². The van der Waals surface area contributed by atoms with Crippen LogP contribution in [0.5, 0.6) is 0 Å². The third-order valence-corrected chi connectivity index (χ3v) is 6.07. The number of aldehydes is 1. The lowest BCUT2D eigenvalue weighted by molar-refractivity contribution is 0.112. The second kappa shape index (κ2) is 16.4. The van der Waals surface area contributed by atoms with Gasteiger partial charge < -0.3 is 0 Å². The Morgan fingerprint density at radius 2 is 1.27 bits per heavy atom. The molecule has 0 aliphatic carbocycles. The first-order valence-electron chi connectivity index (χ1n) is 11.2. The summed E-state index contributed by atoms with van der Waals surface area (Å²) in [6, 6.07) is 20.6. The monoisotopic (exact) mass is 636 g/mol. The Morgan fingerprint density at radius 1 is 0.732 bits per heavy atom. The molecule has 0 heterocycles. The van der Waals surface area contributed by atoms with Gasteiger partial charge in [0.25, 0.3) is 0 Å². The number of hydrogen-bond donors (Lipinski definition) is 0. The summed E-state index contributed by atoms with van der Waals surface area (Å²) in [5, 5.41) is 17.9. The second-order valence-electron chi connectivity index (χ2n) is 7.77. The Hall–Kier alpha value is -3.85. The van der Waals surface area contributed by atoms with Crippen LogP contribution in [0.25, 0.3) is 11.6 Å². The van der Waals surface area contributed by atoms with E-state index in [0.717, 1.165) is 6.07 Å². The molecular formula is C30H16Cl4F4N2O. The van der Waals surface area contributed by atoms with Gasteiger partial charge in [0.1, 0.15) is 17.5 Å². The molecule has 0 bridgehead atoms. The van der Waals surface area contributed by atoms with E-state index in [0.29, 0.717) is 16.9 Å². The molecule has 4 rings (SSSR count). The fraction of sp³-hybridized carbons (Fsp3) is 0.0333. The van der Waals surface area contributed by atoms with Crippen molar-refractivity contribution in [2.45, 2.75) is 6.42 Å². The summed E-state index contributed by atoms with van der Waals surface area (Å²) in [6.07, 6.45) is 1.76. The molecule has 0 aliphatic rings. The predicted molar refractivity (Wildman–Crippen MR) is 154 cm³/mol. The van der Waals surface area contributed by atoms with Crippen LogP contribution in [0.15, 0.2) is 72.8 Å². The molecule has 4 aromatic rings. The van der Waals surface area contributed by atoms with Crippen LogP contribution in [0.1, 0.15) is 27.0 Å². The minimum Gasteiger partial charge on any atom is -0.298 e. The van der Waals surface area contributed by atoms with Crippen LogP contribution in [-0.2, 0) is 6.42 Å². The Bertz CT molecular complexity index is 1660. The van der Waals surface area contributed by atoms with Crippen LogP contribution < -0.4 is 0 Å². The van der Waals surface area contributed by atoms with Crippen molar-refractivity contribution in [1.82, 2.24) is 0 Å². The summed E-state index contributed by atoms with van der Waals surface area (Å²) in [6.45, 7) is 0. The van der Waals surface area contributed by atoms with Gasteiger partial charge in [-0.25, -0.2) is 17.6 Å². The number of benzene rings is 4.